The molecule has 0 fully saturated rings. The molecule has 0 radical (unpaired) electrons. The van der Waals surface area contributed by atoms with E-state index in [1.54, 1.807) is 24.3 Å². The number of nitrogen functional groups attached to an aromatic ring is 1. The lowest BCUT2D eigenvalue weighted by molar-refractivity contribution is 0.101. The molecule has 0 aliphatic rings. The third-order valence-corrected chi connectivity index (χ3v) is 5.15. The van der Waals surface area contributed by atoms with E-state index in [0.29, 0.717) is 16.8 Å². The van der Waals surface area contributed by atoms with Crippen molar-refractivity contribution in [3.63, 3.8) is 0 Å². The molecule has 2 aromatic carbocycles. The van der Waals surface area contributed by atoms with Gasteiger partial charge in [-0.05, 0) is 19.1 Å². The van der Waals surface area contributed by atoms with Gasteiger partial charge in [-0.3, -0.25) is 4.79 Å². The van der Waals surface area contributed by atoms with Crippen LogP contribution in [-0.2, 0) is 10.0 Å². The predicted molar refractivity (Wildman–Crippen MR) is 91.1 cm³/mol. The fourth-order valence-corrected chi connectivity index (χ4v) is 3.63. The molecule has 0 saturated heterocycles. The number of ketones is 1. The topological polar surface area (TPSA) is 95.0 Å². The first-order valence-corrected chi connectivity index (χ1v) is 8.61. The molecule has 0 spiro atoms. The normalized spacial score (nSPS) is 11.4. The van der Waals surface area contributed by atoms with E-state index < -0.39 is 10.0 Å². The number of carbonyl (C=O) groups is 1. The first-order chi connectivity index (χ1) is 11.4. The third-order valence-electron chi connectivity index (χ3n) is 3.55. The Kier molecular flexibility index (Phi) is 3.94. The van der Waals surface area contributed by atoms with Crippen molar-refractivity contribution in [3.05, 3.63) is 66.2 Å². The fraction of sp³-hybridized carbons (Fsp3) is 0.0588. The molecule has 0 aliphatic carbocycles. The van der Waals surface area contributed by atoms with Gasteiger partial charge in [-0.1, -0.05) is 42.5 Å². The Morgan fingerprint density at radius 3 is 2.25 bits per heavy atom. The molecule has 3 rings (SSSR count). The molecule has 7 heteroatoms. The van der Waals surface area contributed by atoms with Crippen molar-refractivity contribution >= 4 is 21.6 Å². The van der Waals surface area contributed by atoms with Crippen LogP contribution in [-0.4, -0.2) is 23.4 Å². The maximum absolute atomic E-state index is 12.9. The molecule has 1 aromatic heterocycles. The van der Waals surface area contributed by atoms with Crippen LogP contribution in [0.1, 0.15) is 17.3 Å². The van der Waals surface area contributed by atoms with E-state index in [2.05, 4.69) is 5.10 Å². The standard InChI is InChI=1S/C17H15N3O3S/c1-12(21)13-7-9-15(10-8-13)24(22,23)20-16(11-17(18)19-20)14-5-3-2-4-6-14/h2-11H,1H3,(H2,18,19). The zero-order valence-corrected chi connectivity index (χ0v) is 13.7. The number of anilines is 1. The molecule has 0 saturated carbocycles. The van der Waals surface area contributed by atoms with Crippen LogP contribution in [0, 0.1) is 0 Å². The molecule has 6 nitrogen and oxygen atoms in total. The minimum Gasteiger partial charge on any atom is -0.382 e. The van der Waals surface area contributed by atoms with Gasteiger partial charge in [0.2, 0.25) is 0 Å². The minimum absolute atomic E-state index is 0.0350. The summed E-state index contributed by atoms with van der Waals surface area (Å²) in [7, 11) is -3.93. The Hall–Kier alpha value is -2.93. The number of carbonyl (C=O) groups excluding carboxylic acids is 1. The molecule has 0 bridgehead atoms. The van der Waals surface area contributed by atoms with Crippen molar-refractivity contribution in [1.29, 1.82) is 0 Å². The number of aromatic nitrogens is 2. The lowest BCUT2D eigenvalue weighted by Crippen LogP contribution is -2.16. The largest absolute Gasteiger partial charge is 0.382 e. The molecule has 24 heavy (non-hydrogen) atoms. The number of hydrogen-bond acceptors (Lipinski definition) is 5. The molecule has 0 unspecified atom stereocenters. The summed E-state index contributed by atoms with van der Waals surface area (Å²) in [5.74, 6) is -0.0231. The number of rotatable bonds is 4. The second-order valence-electron chi connectivity index (χ2n) is 5.25. The Balaban J connectivity index is 2.13. The summed E-state index contributed by atoms with van der Waals surface area (Å²) < 4.78 is 26.7. The van der Waals surface area contributed by atoms with Gasteiger partial charge in [0.1, 0.15) is 5.82 Å². The van der Waals surface area contributed by atoms with Crippen molar-refractivity contribution < 1.29 is 13.2 Å². The van der Waals surface area contributed by atoms with Crippen LogP contribution in [0.3, 0.4) is 0 Å². The van der Waals surface area contributed by atoms with Gasteiger partial charge in [-0.25, -0.2) is 0 Å². The van der Waals surface area contributed by atoms with Crippen LogP contribution < -0.4 is 5.73 Å². The highest BCUT2D eigenvalue weighted by atomic mass is 32.2. The first-order valence-electron chi connectivity index (χ1n) is 7.17. The average molecular weight is 341 g/mol. The zero-order valence-electron chi connectivity index (χ0n) is 12.9. The highest BCUT2D eigenvalue weighted by Gasteiger charge is 2.23. The van der Waals surface area contributed by atoms with Crippen molar-refractivity contribution in [3.8, 4) is 11.3 Å². The highest BCUT2D eigenvalue weighted by Crippen LogP contribution is 2.26. The van der Waals surface area contributed by atoms with Crippen molar-refractivity contribution in [2.24, 2.45) is 0 Å². The second kappa shape index (κ2) is 5.93. The van der Waals surface area contributed by atoms with Gasteiger partial charge in [0.15, 0.2) is 5.78 Å². The number of Topliss-reactive ketones (excluding diaryl/α,β-unsaturated/α-hetero) is 1. The summed E-state index contributed by atoms with van der Waals surface area (Å²) in [5, 5.41) is 3.93. The van der Waals surface area contributed by atoms with Gasteiger partial charge in [0.25, 0.3) is 10.0 Å². The maximum atomic E-state index is 12.9. The van der Waals surface area contributed by atoms with E-state index in [-0.39, 0.29) is 16.5 Å². The maximum Gasteiger partial charge on any atom is 0.283 e. The Labute approximate surface area is 139 Å². The van der Waals surface area contributed by atoms with E-state index in [1.165, 1.54) is 37.3 Å². The van der Waals surface area contributed by atoms with E-state index in [0.717, 1.165) is 4.09 Å². The SMILES string of the molecule is CC(=O)c1ccc(S(=O)(=O)n2nc(N)cc2-c2ccccc2)cc1. The highest BCUT2D eigenvalue weighted by molar-refractivity contribution is 7.90. The van der Waals surface area contributed by atoms with Crippen LogP contribution in [0.15, 0.2) is 65.6 Å². The Morgan fingerprint density at radius 2 is 1.67 bits per heavy atom. The van der Waals surface area contributed by atoms with Crippen LogP contribution in [0.2, 0.25) is 0 Å². The molecular formula is C17H15N3O3S. The fourth-order valence-electron chi connectivity index (χ4n) is 2.33. The number of benzene rings is 2. The summed E-state index contributed by atoms with van der Waals surface area (Å²) in [5.41, 5.74) is 7.22. The van der Waals surface area contributed by atoms with Gasteiger partial charge >= 0.3 is 0 Å². The van der Waals surface area contributed by atoms with Gasteiger partial charge in [-0.15, -0.1) is 5.10 Å². The Bertz CT molecular complexity index is 991. The van der Waals surface area contributed by atoms with Crippen molar-refractivity contribution in [1.82, 2.24) is 9.19 Å². The number of nitrogens with zero attached hydrogens (tertiary/aromatic N) is 2. The molecule has 0 atom stereocenters. The minimum atomic E-state index is -3.93. The van der Waals surface area contributed by atoms with Crippen LogP contribution in [0.4, 0.5) is 5.82 Å². The molecule has 122 valence electrons. The van der Waals surface area contributed by atoms with Crippen molar-refractivity contribution in [2.75, 3.05) is 5.73 Å². The summed E-state index contributed by atoms with van der Waals surface area (Å²) in [6.45, 7) is 1.42. The number of nitrogens with two attached hydrogens (primary N) is 1. The predicted octanol–water partition coefficient (Wildman–Crippen LogP) is 2.57. The zero-order chi connectivity index (χ0) is 17.3. The molecule has 0 amide bonds. The molecule has 0 aliphatic heterocycles. The Morgan fingerprint density at radius 1 is 1.04 bits per heavy atom. The smallest absolute Gasteiger partial charge is 0.283 e. The van der Waals surface area contributed by atoms with E-state index >= 15 is 0 Å². The van der Waals surface area contributed by atoms with Gasteiger partial charge in [0, 0.05) is 17.2 Å². The van der Waals surface area contributed by atoms with E-state index in [9.17, 15) is 13.2 Å². The summed E-state index contributed by atoms with van der Waals surface area (Å²) in [4.78, 5) is 11.4. The monoisotopic (exact) mass is 341 g/mol. The van der Waals surface area contributed by atoms with Crippen LogP contribution in [0.25, 0.3) is 11.3 Å². The quantitative estimate of drug-likeness (QED) is 0.736. The lowest BCUT2D eigenvalue weighted by atomic mass is 10.2. The molecular weight excluding hydrogens is 326 g/mol. The summed E-state index contributed by atoms with van der Waals surface area (Å²) in [6.07, 6.45) is 0. The van der Waals surface area contributed by atoms with E-state index in [4.69, 9.17) is 5.73 Å². The van der Waals surface area contributed by atoms with Gasteiger partial charge < -0.3 is 5.73 Å². The summed E-state index contributed by atoms with van der Waals surface area (Å²) >= 11 is 0. The first kappa shape index (κ1) is 15.9. The molecule has 2 N–H and O–H groups in total. The average Bonchev–Trinajstić information content (AvgIpc) is 2.98. The van der Waals surface area contributed by atoms with Crippen LogP contribution in [0.5, 0.6) is 0 Å². The summed E-state index contributed by atoms with van der Waals surface area (Å²) in [6, 6.07) is 16.2. The van der Waals surface area contributed by atoms with Gasteiger partial charge in [-0.2, -0.15) is 12.5 Å². The van der Waals surface area contributed by atoms with Crippen molar-refractivity contribution in [2.45, 2.75) is 11.8 Å². The second-order valence-corrected chi connectivity index (χ2v) is 7.02. The van der Waals surface area contributed by atoms with E-state index in [1.807, 2.05) is 6.07 Å². The lowest BCUT2D eigenvalue weighted by Gasteiger charge is -2.09. The molecule has 3 aromatic rings. The number of hydrogen-bond donors (Lipinski definition) is 1. The third kappa shape index (κ3) is 2.81. The van der Waals surface area contributed by atoms with Crippen LogP contribution >= 0.6 is 0 Å². The molecule has 1 heterocycles. The van der Waals surface area contributed by atoms with Gasteiger partial charge in [0.05, 0.1) is 10.6 Å².